The van der Waals surface area contributed by atoms with Gasteiger partial charge in [-0.3, -0.25) is 19.9 Å². The average Bonchev–Trinajstić information content (AvgIpc) is 2.69. The molecule has 0 spiro atoms. The first-order chi connectivity index (χ1) is 13.5. The average molecular weight is 396 g/mol. The second-order valence-electron chi connectivity index (χ2n) is 6.37. The van der Waals surface area contributed by atoms with E-state index in [1.165, 1.54) is 18.2 Å². The Morgan fingerprint density at radius 1 is 1.14 bits per heavy atom. The van der Waals surface area contributed by atoms with Gasteiger partial charge in [0.2, 0.25) is 0 Å². The zero-order valence-electron chi connectivity index (χ0n) is 15.2. The van der Waals surface area contributed by atoms with Crippen molar-refractivity contribution >= 4 is 23.2 Å². The Balaban J connectivity index is 1.94. The van der Waals surface area contributed by atoms with Crippen LogP contribution in [0.2, 0.25) is 5.02 Å². The minimum absolute atomic E-state index is 0.0557. The number of amides is 1. The van der Waals surface area contributed by atoms with Crippen LogP contribution in [0.4, 0.5) is 5.69 Å². The van der Waals surface area contributed by atoms with E-state index < -0.39 is 4.92 Å². The molecule has 142 valence electrons. The van der Waals surface area contributed by atoms with Crippen LogP contribution in [-0.2, 0) is 13.1 Å². The van der Waals surface area contributed by atoms with Crippen LogP contribution in [0.1, 0.15) is 27.0 Å². The van der Waals surface area contributed by atoms with Crippen LogP contribution in [0.15, 0.2) is 67.0 Å². The monoisotopic (exact) mass is 395 g/mol. The van der Waals surface area contributed by atoms with Crippen molar-refractivity contribution in [1.29, 1.82) is 0 Å². The number of nitro benzene ring substituents is 1. The molecule has 0 aliphatic heterocycles. The number of hydrogen-bond acceptors (Lipinski definition) is 4. The molecule has 28 heavy (non-hydrogen) atoms. The minimum atomic E-state index is -0.541. The van der Waals surface area contributed by atoms with Crippen molar-refractivity contribution in [2.75, 3.05) is 0 Å². The van der Waals surface area contributed by atoms with Crippen LogP contribution in [0, 0.1) is 17.0 Å². The van der Waals surface area contributed by atoms with Crippen molar-refractivity contribution in [3.63, 3.8) is 0 Å². The Labute approximate surface area is 167 Å². The zero-order chi connectivity index (χ0) is 20.1. The molecule has 1 aromatic heterocycles. The highest BCUT2D eigenvalue weighted by atomic mass is 35.5. The van der Waals surface area contributed by atoms with Gasteiger partial charge in [0.25, 0.3) is 11.6 Å². The zero-order valence-corrected chi connectivity index (χ0v) is 16.0. The molecule has 2 aromatic carbocycles. The Morgan fingerprint density at radius 3 is 2.57 bits per heavy atom. The molecule has 3 aromatic rings. The molecule has 0 atom stereocenters. The summed E-state index contributed by atoms with van der Waals surface area (Å²) < 4.78 is 0. The highest BCUT2D eigenvalue weighted by Crippen LogP contribution is 2.25. The molecule has 0 aliphatic carbocycles. The number of pyridine rings is 1. The molecule has 0 N–H and O–H groups in total. The molecule has 3 rings (SSSR count). The van der Waals surface area contributed by atoms with Gasteiger partial charge in [-0.05, 0) is 35.7 Å². The van der Waals surface area contributed by atoms with E-state index in [2.05, 4.69) is 4.98 Å². The van der Waals surface area contributed by atoms with Crippen LogP contribution >= 0.6 is 11.6 Å². The lowest BCUT2D eigenvalue weighted by molar-refractivity contribution is -0.384. The van der Waals surface area contributed by atoms with E-state index in [-0.39, 0.29) is 22.2 Å². The number of benzene rings is 2. The summed E-state index contributed by atoms with van der Waals surface area (Å²) in [7, 11) is 0. The molecular formula is C21H18ClN3O3. The summed E-state index contributed by atoms with van der Waals surface area (Å²) in [6, 6.07) is 15.4. The van der Waals surface area contributed by atoms with Crippen molar-refractivity contribution < 1.29 is 9.72 Å². The lowest BCUT2D eigenvalue weighted by atomic mass is 10.1. The molecule has 0 saturated carbocycles. The van der Waals surface area contributed by atoms with Gasteiger partial charge in [-0.15, -0.1) is 0 Å². The number of nitro groups is 1. The molecule has 1 amide bonds. The number of carbonyl (C=O) groups is 1. The Kier molecular flexibility index (Phi) is 6.01. The van der Waals surface area contributed by atoms with Gasteiger partial charge in [0.1, 0.15) is 0 Å². The summed E-state index contributed by atoms with van der Waals surface area (Å²) in [5.74, 6) is -0.299. The van der Waals surface area contributed by atoms with Gasteiger partial charge in [0.15, 0.2) is 0 Å². The van der Waals surface area contributed by atoms with E-state index in [0.29, 0.717) is 13.1 Å². The maximum absolute atomic E-state index is 13.2. The highest BCUT2D eigenvalue weighted by molar-refractivity contribution is 6.34. The minimum Gasteiger partial charge on any atom is -0.330 e. The quantitative estimate of drug-likeness (QED) is 0.444. The fourth-order valence-corrected chi connectivity index (χ4v) is 3.12. The second kappa shape index (κ2) is 8.63. The number of rotatable bonds is 6. The Morgan fingerprint density at radius 2 is 1.93 bits per heavy atom. The summed E-state index contributed by atoms with van der Waals surface area (Å²) >= 11 is 6.19. The van der Waals surface area contributed by atoms with E-state index in [1.54, 1.807) is 17.3 Å². The maximum Gasteiger partial charge on any atom is 0.270 e. The molecule has 0 unspecified atom stereocenters. The normalized spacial score (nSPS) is 10.5. The summed E-state index contributed by atoms with van der Waals surface area (Å²) in [6.45, 7) is 2.71. The number of halogens is 1. The van der Waals surface area contributed by atoms with Crippen molar-refractivity contribution in [3.05, 3.63) is 104 Å². The van der Waals surface area contributed by atoms with Gasteiger partial charge in [-0.1, -0.05) is 41.9 Å². The van der Waals surface area contributed by atoms with Gasteiger partial charge in [-0.2, -0.15) is 0 Å². The molecule has 0 bridgehead atoms. The van der Waals surface area contributed by atoms with E-state index in [9.17, 15) is 14.9 Å². The van der Waals surface area contributed by atoms with Crippen LogP contribution in [0.25, 0.3) is 0 Å². The fourth-order valence-electron chi connectivity index (χ4n) is 2.87. The maximum atomic E-state index is 13.2. The lowest BCUT2D eigenvalue weighted by Crippen LogP contribution is -2.30. The predicted molar refractivity (Wildman–Crippen MR) is 107 cm³/mol. The highest BCUT2D eigenvalue weighted by Gasteiger charge is 2.21. The van der Waals surface area contributed by atoms with Gasteiger partial charge < -0.3 is 4.90 Å². The SMILES string of the molecule is Cc1ccccc1CN(Cc1cccnc1)C(=O)c1ccc([N+](=O)[O-])cc1Cl. The Bertz CT molecular complexity index is 1010. The largest absolute Gasteiger partial charge is 0.330 e. The number of non-ortho nitro benzene ring substituents is 1. The first kappa shape index (κ1) is 19.5. The van der Waals surface area contributed by atoms with Crippen molar-refractivity contribution in [2.24, 2.45) is 0 Å². The molecule has 0 aliphatic rings. The third-order valence-electron chi connectivity index (χ3n) is 4.40. The van der Waals surface area contributed by atoms with E-state index >= 15 is 0 Å². The molecule has 0 saturated heterocycles. The molecule has 1 heterocycles. The van der Waals surface area contributed by atoms with Crippen LogP contribution in [-0.4, -0.2) is 20.7 Å². The summed E-state index contributed by atoms with van der Waals surface area (Å²) in [5, 5.41) is 11.0. The molecule has 0 radical (unpaired) electrons. The predicted octanol–water partition coefficient (Wildman–Crippen LogP) is 4.79. The van der Waals surface area contributed by atoms with E-state index in [1.807, 2.05) is 43.3 Å². The summed E-state index contributed by atoms with van der Waals surface area (Å²) in [4.78, 5) is 29.4. The number of hydrogen-bond donors (Lipinski definition) is 0. The van der Waals surface area contributed by atoms with Gasteiger partial charge in [0.05, 0.1) is 15.5 Å². The smallest absolute Gasteiger partial charge is 0.270 e. The van der Waals surface area contributed by atoms with Gasteiger partial charge >= 0.3 is 0 Å². The van der Waals surface area contributed by atoms with E-state index in [0.717, 1.165) is 16.7 Å². The van der Waals surface area contributed by atoms with Crippen LogP contribution in [0.3, 0.4) is 0 Å². The third-order valence-corrected chi connectivity index (χ3v) is 4.71. The first-order valence-electron chi connectivity index (χ1n) is 8.62. The molecule has 6 nitrogen and oxygen atoms in total. The van der Waals surface area contributed by atoms with E-state index in [4.69, 9.17) is 11.6 Å². The number of aromatic nitrogens is 1. The molecule has 0 fully saturated rings. The number of aryl methyl sites for hydroxylation is 1. The third kappa shape index (κ3) is 4.53. The van der Waals surface area contributed by atoms with Crippen LogP contribution < -0.4 is 0 Å². The van der Waals surface area contributed by atoms with Crippen molar-refractivity contribution in [2.45, 2.75) is 20.0 Å². The van der Waals surface area contributed by atoms with Crippen molar-refractivity contribution in [3.8, 4) is 0 Å². The number of nitrogens with zero attached hydrogens (tertiary/aromatic N) is 3. The molecular weight excluding hydrogens is 378 g/mol. The van der Waals surface area contributed by atoms with Crippen molar-refractivity contribution in [1.82, 2.24) is 9.88 Å². The number of carbonyl (C=O) groups excluding carboxylic acids is 1. The Hall–Kier alpha value is -3.25. The summed E-state index contributed by atoms with van der Waals surface area (Å²) in [6.07, 6.45) is 3.37. The van der Waals surface area contributed by atoms with Crippen LogP contribution in [0.5, 0.6) is 0 Å². The lowest BCUT2D eigenvalue weighted by Gasteiger charge is -2.24. The van der Waals surface area contributed by atoms with Gasteiger partial charge in [0, 0.05) is 37.6 Å². The topological polar surface area (TPSA) is 76.3 Å². The second-order valence-corrected chi connectivity index (χ2v) is 6.78. The standard InChI is InChI=1S/C21H18ClN3O3/c1-15-5-2-3-7-17(15)14-24(13-16-6-4-10-23-12-16)21(26)19-9-8-18(25(27)28)11-20(19)22/h2-12H,13-14H2,1H3. The fraction of sp³-hybridized carbons (Fsp3) is 0.143. The van der Waals surface area contributed by atoms with Gasteiger partial charge in [-0.25, -0.2) is 0 Å². The summed E-state index contributed by atoms with van der Waals surface area (Å²) in [5.41, 5.74) is 3.03. The first-order valence-corrected chi connectivity index (χ1v) is 9.00. The molecule has 7 heteroatoms.